The van der Waals surface area contributed by atoms with Gasteiger partial charge >= 0.3 is 0 Å². The highest BCUT2D eigenvalue weighted by atomic mass is 35.5. The van der Waals surface area contributed by atoms with Crippen molar-refractivity contribution in [1.29, 1.82) is 0 Å². The molecule has 1 N–H and O–H groups in total. The van der Waals surface area contributed by atoms with Crippen molar-refractivity contribution in [1.82, 2.24) is 0 Å². The van der Waals surface area contributed by atoms with E-state index in [-0.39, 0.29) is 21.3 Å². The summed E-state index contributed by atoms with van der Waals surface area (Å²) in [5.74, 6) is -0.562. The van der Waals surface area contributed by atoms with E-state index in [1.807, 2.05) is 0 Å². The number of sulfonamides is 1. The Morgan fingerprint density at radius 3 is 2.36 bits per heavy atom. The van der Waals surface area contributed by atoms with E-state index >= 15 is 0 Å². The van der Waals surface area contributed by atoms with Crippen molar-refractivity contribution in [2.75, 3.05) is 4.72 Å². The molecule has 0 heterocycles. The number of aryl methyl sites for hydroxylation is 1. The van der Waals surface area contributed by atoms with Gasteiger partial charge in [-0.1, -0.05) is 11.6 Å². The SMILES string of the molecule is Cc1cc([N+](=O)[O-])c(Cl)cc1NS(=O)(=O)c1ccc(F)cc1. The van der Waals surface area contributed by atoms with Gasteiger partial charge in [-0.3, -0.25) is 14.8 Å². The zero-order valence-corrected chi connectivity index (χ0v) is 12.8. The fraction of sp³-hybridized carbons (Fsp3) is 0.0769. The molecule has 116 valence electrons. The fourth-order valence-corrected chi connectivity index (χ4v) is 3.09. The molecule has 22 heavy (non-hydrogen) atoms. The van der Waals surface area contributed by atoms with Crippen LogP contribution in [0.4, 0.5) is 15.8 Å². The third-order valence-electron chi connectivity index (χ3n) is 2.86. The van der Waals surface area contributed by atoms with Crippen LogP contribution in [0.2, 0.25) is 5.02 Å². The molecule has 0 aliphatic rings. The highest BCUT2D eigenvalue weighted by molar-refractivity contribution is 7.92. The van der Waals surface area contributed by atoms with Gasteiger partial charge in [-0.05, 0) is 42.8 Å². The van der Waals surface area contributed by atoms with Crippen molar-refractivity contribution >= 4 is 33.0 Å². The van der Waals surface area contributed by atoms with Gasteiger partial charge in [0.15, 0.2) is 0 Å². The standard InChI is InChI=1S/C13H10ClFN2O4S/c1-8-6-13(17(18)19)11(14)7-12(8)16-22(20,21)10-4-2-9(15)3-5-10/h2-7,16H,1H3. The van der Waals surface area contributed by atoms with Crippen molar-refractivity contribution < 1.29 is 17.7 Å². The summed E-state index contributed by atoms with van der Waals surface area (Å²) in [6, 6.07) is 6.59. The van der Waals surface area contributed by atoms with Crippen LogP contribution in [0.5, 0.6) is 0 Å². The number of nitro groups is 1. The molecule has 0 atom stereocenters. The van der Waals surface area contributed by atoms with Crippen LogP contribution in [0, 0.1) is 22.9 Å². The lowest BCUT2D eigenvalue weighted by Gasteiger charge is -2.11. The molecule has 0 saturated heterocycles. The number of rotatable bonds is 4. The quantitative estimate of drug-likeness (QED) is 0.679. The summed E-state index contributed by atoms with van der Waals surface area (Å²) < 4.78 is 39.5. The summed E-state index contributed by atoms with van der Waals surface area (Å²) in [6.45, 7) is 1.51. The van der Waals surface area contributed by atoms with Gasteiger partial charge in [0, 0.05) is 6.07 Å². The first-order chi connectivity index (χ1) is 10.2. The van der Waals surface area contributed by atoms with Crippen LogP contribution in [0.3, 0.4) is 0 Å². The largest absolute Gasteiger partial charge is 0.288 e. The molecule has 6 nitrogen and oxygen atoms in total. The monoisotopic (exact) mass is 344 g/mol. The Morgan fingerprint density at radius 1 is 1.23 bits per heavy atom. The van der Waals surface area contributed by atoms with Gasteiger partial charge in [-0.15, -0.1) is 0 Å². The van der Waals surface area contributed by atoms with E-state index in [0.29, 0.717) is 5.56 Å². The lowest BCUT2D eigenvalue weighted by molar-refractivity contribution is -0.384. The minimum absolute atomic E-state index is 0.111. The van der Waals surface area contributed by atoms with E-state index in [1.165, 1.54) is 13.0 Å². The maximum atomic E-state index is 12.8. The molecule has 2 aromatic carbocycles. The minimum Gasteiger partial charge on any atom is -0.279 e. The summed E-state index contributed by atoms with van der Waals surface area (Å²) in [5.41, 5.74) is 0.130. The zero-order valence-electron chi connectivity index (χ0n) is 11.2. The normalized spacial score (nSPS) is 11.2. The number of hydrogen-bond acceptors (Lipinski definition) is 4. The predicted molar refractivity (Wildman–Crippen MR) is 80.1 cm³/mol. The van der Waals surface area contributed by atoms with Crippen LogP contribution >= 0.6 is 11.6 Å². The number of benzene rings is 2. The van der Waals surface area contributed by atoms with Crippen molar-refractivity contribution in [3.8, 4) is 0 Å². The third-order valence-corrected chi connectivity index (χ3v) is 4.54. The fourth-order valence-electron chi connectivity index (χ4n) is 1.73. The first-order valence-corrected chi connectivity index (χ1v) is 7.80. The van der Waals surface area contributed by atoms with Gasteiger partial charge in [-0.25, -0.2) is 12.8 Å². The average molecular weight is 345 g/mol. The molecule has 0 fully saturated rings. The summed E-state index contributed by atoms with van der Waals surface area (Å²) in [6.07, 6.45) is 0. The number of anilines is 1. The number of nitro benzene ring substituents is 1. The smallest absolute Gasteiger partial charge is 0.279 e. The van der Waals surface area contributed by atoms with Crippen molar-refractivity contribution in [2.24, 2.45) is 0 Å². The first kappa shape index (κ1) is 16.2. The molecular formula is C13H10ClFN2O4S. The van der Waals surface area contributed by atoms with Crippen LogP contribution in [-0.4, -0.2) is 13.3 Å². The van der Waals surface area contributed by atoms with Crippen molar-refractivity contribution in [3.05, 3.63) is 62.9 Å². The van der Waals surface area contributed by atoms with E-state index in [0.717, 1.165) is 30.3 Å². The maximum absolute atomic E-state index is 12.8. The molecule has 0 radical (unpaired) electrons. The average Bonchev–Trinajstić information content (AvgIpc) is 2.42. The second-order valence-electron chi connectivity index (χ2n) is 4.44. The molecule has 2 aromatic rings. The molecule has 0 aliphatic carbocycles. The molecule has 2 rings (SSSR count). The van der Waals surface area contributed by atoms with E-state index in [2.05, 4.69) is 4.72 Å². The Bertz CT molecular complexity index is 838. The Hall–Kier alpha value is -2.19. The summed E-state index contributed by atoms with van der Waals surface area (Å²) in [7, 11) is -3.95. The van der Waals surface area contributed by atoms with Gasteiger partial charge in [0.05, 0.1) is 15.5 Å². The van der Waals surface area contributed by atoms with E-state index in [1.54, 1.807) is 0 Å². The number of nitrogens with one attached hydrogen (secondary N) is 1. The van der Waals surface area contributed by atoms with Crippen molar-refractivity contribution in [2.45, 2.75) is 11.8 Å². The van der Waals surface area contributed by atoms with Gasteiger partial charge in [0.25, 0.3) is 15.7 Å². The minimum atomic E-state index is -3.95. The molecule has 0 bridgehead atoms. The molecule has 0 amide bonds. The number of halogens is 2. The lowest BCUT2D eigenvalue weighted by Crippen LogP contribution is -2.14. The molecular weight excluding hydrogens is 335 g/mol. The maximum Gasteiger partial charge on any atom is 0.288 e. The summed E-state index contributed by atoms with van der Waals surface area (Å²) >= 11 is 5.77. The van der Waals surface area contributed by atoms with Gasteiger partial charge < -0.3 is 0 Å². The van der Waals surface area contributed by atoms with E-state index < -0.39 is 20.8 Å². The molecule has 0 aliphatic heterocycles. The number of hydrogen-bond donors (Lipinski definition) is 1. The Morgan fingerprint density at radius 2 is 1.82 bits per heavy atom. The highest BCUT2D eigenvalue weighted by Crippen LogP contribution is 2.31. The Kier molecular flexibility index (Phi) is 4.34. The van der Waals surface area contributed by atoms with E-state index in [9.17, 15) is 22.9 Å². The van der Waals surface area contributed by atoms with Gasteiger partial charge in [-0.2, -0.15) is 0 Å². The van der Waals surface area contributed by atoms with Crippen LogP contribution in [0.1, 0.15) is 5.56 Å². The Balaban J connectivity index is 2.40. The third kappa shape index (κ3) is 3.34. The van der Waals surface area contributed by atoms with Crippen LogP contribution < -0.4 is 4.72 Å². The highest BCUT2D eigenvalue weighted by Gasteiger charge is 2.19. The number of nitrogens with zero attached hydrogens (tertiary/aromatic N) is 1. The summed E-state index contributed by atoms with van der Waals surface area (Å²) in [4.78, 5) is 9.98. The topological polar surface area (TPSA) is 89.3 Å². The van der Waals surface area contributed by atoms with E-state index in [4.69, 9.17) is 11.6 Å². The van der Waals surface area contributed by atoms with Crippen LogP contribution in [0.25, 0.3) is 0 Å². The lowest BCUT2D eigenvalue weighted by atomic mass is 10.2. The molecule has 0 unspecified atom stereocenters. The second-order valence-corrected chi connectivity index (χ2v) is 6.52. The predicted octanol–water partition coefficient (Wildman–Crippen LogP) is 3.50. The molecule has 0 spiro atoms. The van der Waals surface area contributed by atoms with Crippen LogP contribution in [-0.2, 0) is 10.0 Å². The van der Waals surface area contributed by atoms with Crippen LogP contribution in [0.15, 0.2) is 41.3 Å². The molecule has 0 aromatic heterocycles. The Labute approximate surface area is 130 Å². The molecule has 0 saturated carbocycles. The van der Waals surface area contributed by atoms with Crippen molar-refractivity contribution in [3.63, 3.8) is 0 Å². The van der Waals surface area contributed by atoms with Gasteiger partial charge in [0.2, 0.25) is 0 Å². The summed E-state index contributed by atoms with van der Waals surface area (Å²) in [5, 5.41) is 10.6. The second kappa shape index (κ2) is 5.90. The first-order valence-electron chi connectivity index (χ1n) is 5.93. The zero-order chi connectivity index (χ0) is 16.5. The van der Waals surface area contributed by atoms with Gasteiger partial charge in [0.1, 0.15) is 10.8 Å². The molecule has 9 heteroatoms.